The third kappa shape index (κ3) is 2.91. The second-order valence-corrected chi connectivity index (χ2v) is 6.62. The summed E-state index contributed by atoms with van der Waals surface area (Å²) in [7, 11) is 0. The van der Waals surface area contributed by atoms with Gasteiger partial charge in [0.05, 0.1) is 5.54 Å². The van der Waals surface area contributed by atoms with Crippen molar-refractivity contribution in [1.29, 1.82) is 0 Å². The fraction of sp³-hybridized carbons (Fsp3) is 0.857. The third-order valence-corrected chi connectivity index (χ3v) is 3.49. The van der Waals surface area contributed by atoms with Gasteiger partial charge >= 0.3 is 0 Å². The molecule has 1 fully saturated rings. The van der Waals surface area contributed by atoms with Crippen LogP contribution < -0.4 is 5.32 Å². The van der Waals surface area contributed by atoms with E-state index in [0.29, 0.717) is 0 Å². The molecule has 2 heterocycles. The van der Waals surface area contributed by atoms with E-state index in [1.165, 1.54) is 6.42 Å². The lowest BCUT2D eigenvalue weighted by atomic mass is 9.91. The topological polar surface area (TPSA) is 51.0 Å². The van der Waals surface area contributed by atoms with E-state index in [4.69, 9.17) is 4.52 Å². The predicted molar refractivity (Wildman–Crippen MR) is 71.3 cm³/mol. The van der Waals surface area contributed by atoms with Gasteiger partial charge in [0.2, 0.25) is 5.89 Å². The van der Waals surface area contributed by atoms with Gasteiger partial charge in [-0.1, -0.05) is 39.3 Å². The van der Waals surface area contributed by atoms with Crippen LogP contribution in [0.5, 0.6) is 0 Å². The summed E-state index contributed by atoms with van der Waals surface area (Å²) in [6, 6.07) is 0. The molecule has 1 N–H and O–H groups in total. The monoisotopic (exact) mass is 251 g/mol. The summed E-state index contributed by atoms with van der Waals surface area (Å²) in [5.41, 5.74) is 0.139. The van der Waals surface area contributed by atoms with Crippen molar-refractivity contribution < 1.29 is 4.52 Å². The smallest absolute Gasteiger partial charge is 0.246 e. The molecule has 102 valence electrons. The van der Waals surface area contributed by atoms with Crippen LogP contribution in [0.25, 0.3) is 0 Å². The molecule has 0 radical (unpaired) electrons. The zero-order valence-electron chi connectivity index (χ0n) is 12.0. The summed E-state index contributed by atoms with van der Waals surface area (Å²) in [5, 5.41) is 7.71. The lowest BCUT2D eigenvalue weighted by Gasteiger charge is -2.24. The summed E-state index contributed by atoms with van der Waals surface area (Å²) in [6.45, 7) is 9.83. The molecule has 18 heavy (non-hydrogen) atoms. The molecule has 1 aliphatic heterocycles. The van der Waals surface area contributed by atoms with Crippen molar-refractivity contribution in [3.05, 3.63) is 11.7 Å². The Balaban J connectivity index is 2.17. The first-order valence-electron chi connectivity index (χ1n) is 7.03. The van der Waals surface area contributed by atoms with Crippen molar-refractivity contribution in [2.24, 2.45) is 5.41 Å². The highest BCUT2D eigenvalue weighted by Gasteiger charge is 2.39. The van der Waals surface area contributed by atoms with Gasteiger partial charge in [0.25, 0.3) is 0 Å². The molecule has 4 heteroatoms. The Bertz CT molecular complexity index is 386. The molecular formula is C14H25N3O. The van der Waals surface area contributed by atoms with Gasteiger partial charge in [0.1, 0.15) is 0 Å². The van der Waals surface area contributed by atoms with Crippen LogP contribution in [0.15, 0.2) is 4.52 Å². The maximum atomic E-state index is 5.53. The summed E-state index contributed by atoms with van der Waals surface area (Å²) >= 11 is 0. The Morgan fingerprint density at radius 1 is 1.39 bits per heavy atom. The summed E-state index contributed by atoms with van der Waals surface area (Å²) < 4.78 is 5.53. The maximum absolute atomic E-state index is 5.53. The fourth-order valence-electron chi connectivity index (χ4n) is 2.73. The molecule has 0 spiro atoms. The first-order chi connectivity index (χ1) is 8.45. The molecule has 0 bridgehead atoms. The molecule has 1 aromatic heterocycles. The van der Waals surface area contributed by atoms with Crippen LogP contribution in [0.1, 0.15) is 65.1 Å². The Kier molecular flexibility index (Phi) is 3.76. The molecule has 1 atom stereocenters. The highest BCUT2D eigenvalue weighted by Crippen LogP contribution is 2.34. The van der Waals surface area contributed by atoms with Crippen LogP contribution >= 0.6 is 0 Å². The Morgan fingerprint density at radius 3 is 2.72 bits per heavy atom. The van der Waals surface area contributed by atoms with E-state index < -0.39 is 0 Å². The minimum absolute atomic E-state index is 0.0577. The largest absolute Gasteiger partial charge is 0.337 e. The Morgan fingerprint density at radius 2 is 2.17 bits per heavy atom. The van der Waals surface area contributed by atoms with E-state index in [-0.39, 0.29) is 11.0 Å². The molecule has 1 aromatic rings. The number of nitrogens with one attached hydrogen (secondary N) is 1. The van der Waals surface area contributed by atoms with Crippen LogP contribution in [0.2, 0.25) is 0 Å². The number of hydrogen-bond acceptors (Lipinski definition) is 4. The highest BCUT2D eigenvalue weighted by atomic mass is 16.5. The van der Waals surface area contributed by atoms with Crippen LogP contribution in [0.4, 0.5) is 0 Å². The molecule has 1 saturated heterocycles. The predicted octanol–water partition coefficient (Wildman–Crippen LogP) is 3.04. The molecule has 0 amide bonds. The zero-order valence-corrected chi connectivity index (χ0v) is 12.0. The number of aromatic nitrogens is 2. The summed E-state index contributed by atoms with van der Waals surface area (Å²) in [6.07, 6.45) is 5.36. The number of nitrogens with zero attached hydrogens (tertiary/aromatic N) is 2. The van der Waals surface area contributed by atoms with Gasteiger partial charge in [-0.25, -0.2) is 0 Å². The van der Waals surface area contributed by atoms with Gasteiger partial charge in [0.15, 0.2) is 5.82 Å². The molecule has 0 aliphatic carbocycles. The normalized spacial score (nSPS) is 24.7. The number of rotatable bonds is 4. The lowest BCUT2D eigenvalue weighted by Crippen LogP contribution is -2.37. The van der Waals surface area contributed by atoms with Crippen LogP contribution in [0, 0.1) is 5.41 Å². The van der Waals surface area contributed by atoms with Gasteiger partial charge in [-0.15, -0.1) is 0 Å². The van der Waals surface area contributed by atoms with Crippen molar-refractivity contribution in [3.8, 4) is 0 Å². The first kappa shape index (κ1) is 13.5. The second-order valence-electron chi connectivity index (χ2n) is 6.62. The minimum Gasteiger partial charge on any atom is -0.337 e. The quantitative estimate of drug-likeness (QED) is 0.893. The lowest BCUT2D eigenvalue weighted by molar-refractivity contribution is 0.240. The molecule has 1 aliphatic rings. The SMILES string of the molecule is CCCC1(c2nc(CC(C)(C)C)no2)CCCN1. The third-order valence-electron chi connectivity index (χ3n) is 3.49. The fourth-order valence-corrected chi connectivity index (χ4v) is 2.73. The second kappa shape index (κ2) is 5.00. The average Bonchev–Trinajstić information content (AvgIpc) is 2.85. The van der Waals surface area contributed by atoms with Gasteiger partial charge in [-0.2, -0.15) is 4.98 Å². The summed E-state index contributed by atoms with van der Waals surface area (Å²) in [4.78, 5) is 4.63. The van der Waals surface area contributed by atoms with Gasteiger partial charge in [-0.05, 0) is 31.2 Å². The molecule has 0 aromatic carbocycles. The Labute approximate surface area is 110 Å². The van der Waals surface area contributed by atoms with E-state index in [9.17, 15) is 0 Å². The van der Waals surface area contributed by atoms with Crippen molar-refractivity contribution in [2.45, 2.75) is 65.3 Å². The van der Waals surface area contributed by atoms with Crippen molar-refractivity contribution in [1.82, 2.24) is 15.5 Å². The Hall–Kier alpha value is -0.900. The van der Waals surface area contributed by atoms with Crippen molar-refractivity contribution >= 4 is 0 Å². The summed E-state index contributed by atoms with van der Waals surface area (Å²) in [5.74, 6) is 1.63. The van der Waals surface area contributed by atoms with Gasteiger partial charge in [0, 0.05) is 6.42 Å². The van der Waals surface area contributed by atoms with Gasteiger partial charge < -0.3 is 9.84 Å². The van der Waals surface area contributed by atoms with E-state index in [1.54, 1.807) is 0 Å². The van der Waals surface area contributed by atoms with E-state index in [0.717, 1.165) is 43.9 Å². The zero-order chi connectivity index (χ0) is 13.2. The van der Waals surface area contributed by atoms with Crippen molar-refractivity contribution in [3.63, 3.8) is 0 Å². The van der Waals surface area contributed by atoms with Crippen LogP contribution in [-0.4, -0.2) is 16.7 Å². The molecule has 1 unspecified atom stereocenters. The molecule has 0 saturated carbocycles. The first-order valence-corrected chi connectivity index (χ1v) is 7.03. The van der Waals surface area contributed by atoms with E-state index in [2.05, 4.69) is 43.2 Å². The molecule has 2 rings (SSSR count). The standard InChI is InChI=1S/C14H25N3O/c1-5-7-14(8-6-9-15-14)12-16-11(17-18-12)10-13(2,3)4/h15H,5-10H2,1-4H3. The number of hydrogen-bond donors (Lipinski definition) is 1. The van der Waals surface area contributed by atoms with Crippen molar-refractivity contribution in [2.75, 3.05) is 6.54 Å². The average molecular weight is 251 g/mol. The van der Waals surface area contributed by atoms with E-state index in [1.807, 2.05) is 0 Å². The van der Waals surface area contributed by atoms with Crippen LogP contribution in [0.3, 0.4) is 0 Å². The molecule has 4 nitrogen and oxygen atoms in total. The van der Waals surface area contributed by atoms with Crippen LogP contribution in [-0.2, 0) is 12.0 Å². The van der Waals surface area contributed by atoms with Gasteiger partial charge in [-0.3, -0.25) is 0 Å². The minimum atomic E-state index is -0.0577. The van der Waals surface area contributed by atoms with E-state index >= 15 is 0 Å². The molecular weight excluding hydrogens is 226 g/mol. The maximum Gasteiger partial charge on any atom is 0.246 e. The highest BCUT2D eigenvalue weighted by molar-refractivity contribution is 5.07.